The van der Waals surface area contributed by atoms with E-state index in [1.54, 1.807) is 12.3 Å². The van der Waals surface area contributed by atoms with Crippen molar-refractivity contribution in [3.63, 3.8) is 0 Å². The molecule has 1 aromatic carbocycles. The fraction of sp³-hybridized carbons (Fsp3) is 0.200. The number of nitrogens with one attached hydrogen (secondary N) is 2. The molecular formula is C15H15N3O. The molecule has 4 heteroatoms. The van der Waals surface area contributed by atoms with Crippen LogP contribution in [-0.4, -0.2) is 16.9 Å². The van der Waals surface area contributed by atoms with Gasteiger partial charge in [-0.1, -0.05) is 18.2 Å². The Balaban J connectivity index is 1.66. The number of para-hydroxylation sites is 1. The van der Waals surface area contributed by atoms with E-state index in [9.17, 15) is 4.79 Å². The summed E-state index contributed by atoms with van der Waals surface area (Å²) in [6.45, 7) is 0. The molecule has 2 aromatic rings. The molecule has 0 saturated heterocycles. The number of rotatable bonds is 4. The molecule has 1 aliphatic rings. The van der Waals surface area contributed by atoms with E-state index >= 15 is 0 Å². The average molecular weight is 253 g/mol. The SMILES string of the molecule is O=C(NC1CC1)c1ccc(Nc2ccccc2)cn1. The zero-order valence-electron chi connectivity index (χ0n) is 10.5. The fourth-order valence-corrected chi connectivity index (χ4v) is 1.78. The van der Waals surface area contributed by atoms with Crippen molar-refractivity contribution in [2.24, 2.45) is 0 Å². The molecule has 1 amide bonds. The largest absolute Gasteiger partial charge is 0.354 e. The van der Waals surface area contributed by atoms with Gasteiger partial charge in [0.05, 0.1) is 11.9 Å². The number of aromatic nitrogens is 1. The lowest BCUT2D eigenvalue weighted by atomic mass is 10.3. The van der Waals surface area contributed by atoms with Crippen LogP contribution in [0.5, 0.6) is 0 Å². The lowest BCUT2D eigenvalue weighted by Crippen LogP contribution is -2.26. The summed E-state index contributed by atoms with van der Waals surface area (Å²) in [5.41, 5.74) is 2.33. The van der Waals surface area contributed by atoms with E-state index in [-0.39, 0.29) is 5.91 Å². The number of hydrogen-bond donors (Lipinski definition) is 2. The van der Waals surface area contributed by atoms with Crippen molar-refractivity contribution in [1.82, 2.24) is 10.3 Å². The van der Waals surface area contributed by atoms with Gasteiger partial charge in [-0.05, 0) is 37.1 Å². The maximum atomic E-state index is 11.8. The number of nitrogens with zero attached hydrogens (tertiary/aromatic N) is 1. The molecule has 96 valence electrons. The van der Waals surface area contributed by atoms with Gasteiger partial charge in [0, 0.05) is 11.7 Å². The zero-order chi connectivity index (χ0) is 13.1. The van der Waals surface area contributed by atoms with Gasteiger partial charge in [-0.2, -0.15) is 0 Å². The van der Waals surface area contributed by atoms with Crippen LogP contribution in [0.3, 0.4) is 0 Å². The highest BCUT2D eigenvalue weighted by molar-refractivity contribution is 5.92. The minimum atomic E-state index is -0.0891. The summed E-state index contributed by atoms with van der Waals surface area (Å²) in [4.78, 5) is 16.0. The molecule has 0 spiro atoms. The van der Waals surface area contributed by atoms with Gasteiger partial charge in [0.15, 0.2) is 0 Å². The smallest absolute Gasteiger partial charge is 0.270 e. The second-order valence-corrected chi connectivity index (χ2v) is 4.67. The number of hydrogen-bond acceptors (Lipinski definition) is 3. The normalized spacial score (nSPS) is 13.9. The van der Waals surface area contributed by atoms with Crippen LogP contribution in [0, 0.1) is 0 Å². The topological polar surface area (TPSA) is 54.0 Å². The van der Waals surface area contributed by atoms with E-state index in [4.69, 9.17) is 0 Å². The number of amides is 1. The Morgan fingerprint density at radius 3 is 2.47 bits per heavy atom. The Morgan fingerprint density at radius 1 is 1.05 bits per heavy atom. The maximum absolute atomic E-state index is 11.8. The van der Waals surface area contributed by atoms with Crippen LogP contribution in [0.4, 0.5) is 11.4 Å². The van der Waals surface area contributed by atoms with E-state index in [1.807, 2.05) is 36.4 Å². The van der Waals surface area contributed by atoms with Crippen LogP contribution < -0.4 is 10.6 Å². The fourth-order valence-electron chi connectivity index (χ4n) is 1.78. The molecule has 0 unspecified atom stereocenters. The first-order valence-corrected chi connectivity index (χ1v) is 6.40. The van der Waals surface area contributed by atoms with Crippen LogP contribution in [-0.2, 0) is 0 Å². The van der Waals surface area contributed by atoms with E-state index in [2.05, 4.69) is 15.6 Å². The molecule has 1 aromatic heterocycles. The number of carbonyl (C=O) groups excluding carboxylic acids is 1. The third-order valence-electron chi connectivity index (χ3n) is 2.97. The van der Waals surface area contributed by atoms with Crippen molar-refractivity contribution in [1.29, 1.82) is 0 Å². The van der Waals surface area contributed by atoms with Crippen LogP contribution in [0.25, 0.3) is 0 Å². The van der Waals surface area contributed by atoms with E-state index in [1.165, 1.54) is 0 Å². The van der Waals surface area contributed by atoms with Gasteiger partial charge in [-0.15, -0.1) is 0 Å². The predicted molar refractivity (Wildman–Crippen MR) is 74.4 cm³/mol. The summed E-state index contributed by atoms with van der Waals surface area (Å²) in [6, 6.07) is 13.8. The number of carbonyl (C=O) groups is 1. The van der Waals surface area contributed by atoms with Gasteiger partial charge in [0.25, 0.3) is 5.91 Å². The Labute approximate surface area is 111 Å². The van der Waals surface area contributed by atoms with Gasteiger partial charge >= 0.3 is 0 Å². The summed E-state index contributed by atoms with van der Waals surface area (Å²) in [6.07, 6.45) is 3.84. The minimum Gasteiger partial charge on any atom is -0.354 e. The van der Waals surface area contributed by atoms with E-state index < -0.39 is 0 Å². The standard InChI is InChI=1S/C15H15N3O/c19-15(18-12-6-7-12)14-9-8-13(10-16-14)17-11-4-2-1-3-5-11/h1-5,8-10,12,17H,6-7H2,(H,18,19). The van der Waals surface area contributed by atoms with Gasteiger partial charge in [0.1, 0.15) is 5.69 Å². The monoisotopic (exact) mass is 253 g/mol. The number of benzene rings is 1. The molecule has 0 radical (unpaired) electrons. The Morgan fingerprint density at radius 2 is 1.84 bits per heavy atom. The second-order valence-electron chi connectivity index (χ2n) is 4.67. The molecular weight excluding hydrogens is 238 g/mol. The predicted octanol–water partition coefficient (Wildman–Crippen LogP) is 2.72. The minimum absolute atomic E-state index is 0.0891. The van der Waals surface area contributed by atoms with E-state index in [0.29, 0.717) is 11.7 Å². The second kappa shape index (κ2) is 5.10. The van der Waals surface area contributed by atoms with E-state index in [0.717, 1.165) is 24.2 Å². The molecule has 0 atom stereocenters. The molecule has 1 heterocycles. The lowest BCUT2D eigenvalue weighted by molar-refractivity contribution is 0.0946. The van der Waals surface area contributed by atoms with Crippen LogP contribution in [0.15, 0.2) is 48.7 Å². The Bertz CT molecular complexity index is 562. The highest BCUT2D eigenvalue weighted by Crippen LogP contribution is 2.19. The van der Waals surface area contributed by atoms with Crippen molar-refractivity contribution in [2.45, 2.75) is 18.9 Å². The summed E-state index contributed by atoms with van der Waals surface area (Å²) in [7, 11) is 0. The molecule has 1 saturated carbocycles. The first-order valence-electron chi connectivity index (χ1n) is 6.40. The Hall–Kier alpha value is -2.36. The molecule has 0 bridgehead atoms. The maximum Gasteiger partial charge on any atom is 0.270 e. The van der Waals surface area contributed by atoms with Crippen LogP contribution >= 0.6 is 0 Å². The number of anilines is 2. The third kappa shape index (κ3) is 3.10. The molecule has 2 N–H and O–H groups in total. The summed E-state index contributed by atoms with van der Waals surface area (Å²) >= 11 is 0. The van der Waals surface area contributed by atoms with Crippen LogP contribution in [0.2, 0.25) is 0 Å². The lowest BCUT2D eigenvalue weighted by Gasteiger charge is -2.07. The summed E-state index contributed by atoms with van der Waals surface area (Å²) in [5, 5.41) is 6.15. The van der Waals surface area contributed by atoms with Gasteiger partial charge in [-0.25, -0.2) is 4.98 Å². The highest BCUT2D eigenvalue weighted by Gasteiger charge is 2.24. The summed E-state index contributed by atoms with van der Waals surface area (Å²) < 4.78 is 0. The molecule has 3 rings (SSSR count). The number of pyridine rings is 1. The van der Waals surface area contributed by atoms with Crippen molar-refractivity contribution >= 4 is 17.3 Å². The molecule has 4 nitrogen and oxygen atoms in total. The quantitative estimate of drug-likeness (QED) is 0.880. The molecule has 0 aliphatic heterocycles. The van der Waals surface area contributed by atoms with Crippen molar-refractivity contribution in [2.75, 3.05) is 5.32 Å². The first-order chi connectivity index (χ1) is 9.31. The van der Waals surface area contributed by atoms with Crippen molar-refractivity contribution < 1.29 is 4.79 Å². The van der Waals surface area contributed by atoms with Crippen LogP contribution in [0.1, 0.15) is 23.3 Å². The highest BCUT2D eigenvalue weighted by atomic mass is 16.2. The first kappa shape index (κ1) is 11.7. The summed E-state index contributed by atoms with van der Waals surface area (Å²) in [5.74, 6) is -0.0891. The zero-order valence-corrected chi connectivity index (χ0v) is 10.5. The molecule has 1 aliphatic carbocycles. The third-order valence-corrected chi connectivity index (χ3v) is 2.97. The van der Waals surface area contributed by atoms with Gasteiger partial charge in [-0.3, -0.25) is 4.79 Å². The molecule has 19 heavy (non-hydrogen) atoms. The van der Waals surface area contributed by atoms with Gasteiger partial charge < -0.3 is 10.6 Å². The van der Waals surface area contributed by atoms with Crippen molar-refractivity contribution in [3.8, 4) is 0 Å². The molecule has 1 fully saturated rings. The van der Waals surface area contributed by atoms with Gasteiger partial charge in [0.2, 0.25) is 0 Å². The average Bonchev–Trinajstić information content (AvgIpc) is 3.25. The van der Waals surface area contributed by atoms with Crippen molar-refractivity contribution in [3.05, 3.63) is 54.4 Å². The Kier molecular flexibility index (Phi) is 3.14.